The minimum Gasteiger partial charge on any atom is -0.290 e. The third-order valence-electron chi connectivity index (χ3n) is 6.80. The van der Waals surface area contributed by atoms with Crippen molar-refractivity contribution in [2.75, 3.05) is 0 Å². The second-order valence-electron chi connectivity index (χ2n) is 7.74. The van der Waals surface area contributed by atoms with Crippen molar-refractivity contribution in [3.63, 3.8) is 0 Å². The SMILES string of the molecule is CC1CC=C2C3=C(CCC21C)C1(C)C=CC(=O)C=C1CC3. The number of rotatable bonds is 0. The summed E-state index contributed by atoms with van der Waals surface area (Å²) in [7, 11) is 0. The van der Waals surface area contributed by atoms with Gasteiger partial charge >= 0.3 is 0 Å². The maximum absolute atomic E-state index is 11.7. The predicted molar refractivity (Wildman–Crippen MR) is 85.8 cm³/mol. The van der Waals surface area contributed by atoms with Crippen LogP contribution in [0.3, 0.4) is 0 Å². The molecule has 0 spiro atoms. The molecule has 1 nitrogen and oxygen atoms in total. The molecule has 0 saturated heterocycles. The summed E-state index contributed by atoms with van der Waals surface area (Å²) >= 11 is 0. The van der Waals surface area contributed by atoms with Crippen molar-refractivity contribution in [1.82, 2.24) is 0 Å². The van der Waals surface area contributed by atoms with Crippen LogP contribution < -0.4 is 0 Å². The van der Waals surface area contributed by atoms with Crippen LogP contribution in [-0.4, -0.2) is 5.78 Å². The fraction of sp³-hybridized carbons (Fsp3) is 0.550. The summed E-state index contributed by atoms with van der Waals surface area (Å²) in [4.78, 5) is 11.7. The molecule has 1 heteroatoms. The molecule has 0 amide bonds. The van der Waals surface area contributed by atoms with E-state index in [1.165, 1.54) is 24.8 Å². The number of hydrogen-bond donors (Lipinski definition) is 0. The van der Waals surface area contributed by atoms with Gasteiger partial charge in [0.25, 0.3) is 0 Å². The van der Waals surface area contributed by atoms with E-state index in [1.807, 2.05) is 6.08 Å². The molecule has 0 bridgehead atoms. The first-order valence-electron chi connectivity index (χ1n) is 8.33. The maximum atomic E-state index is 11.7. The van der Waals surface area contributed by atoms with Crippen LogP contribution in [0.15, 0.2) is 46.6 Å². The van der Waals surface area contributed by atoms with E-state index >= 15 is 0 Å². The van der Waals surface area contributed by atoms with E-state index in [1.54, 1.807) is 22.8 Å². The average molecular weight is 280 g/mol. The van der Waals surface area contributed by atoms with E-state index in [2.05, 4.69) is 32.9 Å². The fourth-order valence-electron chi connectivity index (χ4n) is 5.07. The zero-order valence-corrected chi connectivity index (χ0v) is 13.3. The number of carbonyl (C=O) groups is 1. The smallest absolute Gasteiger partial charge is 0.178 e. The first-order valence-corrected chi connectivity index (χ1v) is 8.33. The molecule has 0 aromatic rings. The molecular formula is C20H24O. The van der Waals surface area contributed by atoms with Crippen LogP contribution in [0.5, 0.6) is 0 Å². The Labute approximate surface area is 127 Å². The van der Waals surface area contributed by atoms with Crippen LogP contribution in [0.4, 0.5) is 0 Å². The minimum absolute atomic E-state index is 0.00942. The van der Waals surface area contributed by atoms with Crippen molar-refractivity contribution in [2.24, 2.45) is 16.7 Å². The molecule has 0 N–H and O–H groups in total. The zero-order chi connectivity index (χ0) is 14.8. The van der Waals surface area contributed by atoms with Gasteiger partial charge in [0.1, 0.15) is 0 Å². The number of ketones is 1. The minimum atomic E-state index is 0.00942. The molecule has 4 aliphatic carbocycles. The lowest BCUT2D eigenvalue weighted by atomic mass is 9.56. The summed E-state index contributed by atoms with van der Waals surface area (Å²) in [5.74, 6) is 0.940. The highest BCUT2D eigenvalue weighted by Gasteiger charge is 2.48. The molecule has 21 heavy (non-hydrogen) atoms. The molecule has 110 valence electrons. The topological polar surface area (TPSA) is 17.1 Å². The Morgan fingerprint density at radius 3 is 2.81 bits per heavy atom. The van der Waals surface area contributed by atoms with Crippen LogP contribution in [-0.2, 0) is 4.79 Å². The first kappa shape index (κ1) is 13.3. The highest BCUT2D eigenvalue weighted by Crippen LogP contribution is 2.61. The van der Waals surface area contributed by atoms with Gasteiger partial charge in [-0.2, -0.15) is 0 Å². The van der Waals surface area contributed by atoms with E-state index < -0.39 is 0 Å². The Morgan fingerprint density at radius 1 is 1.19 bits per heavy atom. The zero-order valence-electron chi connectivity index (χ0n) is 13.3. The van der Waals surface area contributed by atoms with Gasteiger partial charge in [0.2, 0.25) is 0 Å². The summed E-state index contributed by atoms with van der Waals surface area (Å²) in [6, 6.07) is 0. The molecule has 4 rings (SSSR count). The van der Waals surface area contributed by atoms with Crippen LogP contribution in [0.25, 0.3) is 0 Å². The van der Waals surface area contributed by atoms with Crippen LogP contribution in [0.2, 0.25) is 0 Å². The summed E-state index contributed by atoms with van der Waals surface area (Å²) in [5, 5.41) is 0. The number of fused-ring (bicyclic) bond motifs is 4. The largest absolute Gasteiger partial charge is 0.290 e. The molecule has 0 aromatic heterocycles. The van der Waals surface area contributed by atoms with Gasteiger partial charge in [-0.15, -0.1) is 0 Å². The molecule has 0 radical (unpaired) electrons. The van der Waals surface area contributed by atoms with Crippen LogP contribution >= 0.6 is 0 Å². The Morgan fingerprint density at radius 2 is 2.00 bits per heavy atom. The second kappa shape index (κ2) is 4.09. The Balaban J connectivity index is 1.86. The molecular weight excluding hydrogens is 256 g/mol. The van der Waals surface area contributed by atoms with E-state index in [-0.39, 0.29) is 11.2 Å². The molecule has 4 aliphatic rings. The van der Waals surface area contributed by atoms with Gasteiger partial charge in [-0.25, -0.2) is 0 Å². The molecule has 0 saturated carbocycles. The number of carbonyl (C=O) groups excluding carboxylic acids is 1. The Hall–Kier alpha value is -1.37. The van der Waals surface area contributed by atoms with E-state index in [9.17, 15) is 4.79 Å². The lowest BCUT2D eigenvalue weighted by molar-refractivity contribution is -0.110. The van der Waals surface area contributed by atoms with Gasteiger partial charge in [0, 0.05) is 5.41 Å². The molecule has 3 atom stereocenters. The fourth-order valence-corrected chi connectivity index (χ4v) is 5.07. The molecule has 0 aromatic carbocycles. The van der Waals surface area contributed by atoms with E-state index in [4.69, 9.17) is 0 Å². The van der Waals surface area contributed by atoms with Gasteiger partial charge in [0.05, 0.1) is 0 Å². The normalized spacial score (nSPS) is 41.3. The lowest BCUT2D eigenvalue weighted by Gasteiger charge is -2.48. The van der Waals surface area contributed by atoms with Gasteiger partial charge < -0.3 is 0 Å². The molecule has 0 aliphatic heterocycles. The van der Waals surface area contributed by atoms with E-state index in [0.29, 0.717) is 5.41 Å². The third kappa shape index (κ3) is 1.61. The highest BCUT2D eigenvalue weighted by molar-refractivity contribution is 6.01. The summed E-state index contributed by atoms with van der Waals surface area (Å²) < 4.78 is 0. The van der Waals surface area contributed by atoms with Gasteiger partial charge in [-0.05, 0) is 73.7 Å². The van der Waals surface area contributed by atoms with Crippen molar-refractivity contribution >= 4 is 5.78 Å². The summed E-state index contributed by atoms with van der Waals surface area (Å²) in [5.41, 5.74) is 6.61. The predicted octanol–water partition coefficient (Wildman–Crippen LogP) is 4.91. The van der Waals surface area contributed by atoms with Gasteiger partial charge in [-0.3, -0.25) is 4.79 Å². The summed E-state index contributed by atoms with van der Waals surface area (Å²) in [6.07, 6.45) is 14.2. The van der Waals surface area contributed by atoms with E-state index in [0.717, 1.165) is 18.8 Å². The average Bonchev–Trinajstić information content (AvgIpc) is 2.76. The van der Waals surface area contributed by atoms with Crippen LogP contribution in [0, 0.1) is 16.7 Å². The van der Waals surface area contributed by atoms with Crippen molar-refractivity contribution in [1.29, 1.82) is 0 Å². The van der Waals surface area contributed by atoms with Crippen molar-refractivity contribution in [2.45, 2.75) is 52.9 Å². The van der Waals surface area contributed by atoms with Crippen LogP contribution in [0.1, 0.15) is 52.9 Å². The Bertz CT molecular complexity index is 657. The molecule has 0 fully saturated rings. The standard InChI is InChI=1S/C20H24O/c1-13-4-7-17-16-6-5-14-12-15(21)8-10-20(14,3)18(16)9-11-19(13,17)2/h7-8,10,12-13H,4-6,9,11H2,1-3H3. The van der Waals surface area contributed by atoms with Crippen molar-refractivity contribution < 1.29 is 4.79 Å². The quantitative estimate of drug-likeness (QED) is 0.616. The first-order chi connectivity index (χ1) is 9.95. The van der Waals surface area contributed by atoms with Crippen molar-refractivity contribution in [3.8, 4) is 0 Å². The molecule has 0 heterocycles. The van der Waals surface area contributed by atoms with Gasteiger partial charge in [0.15, 0.2) is 5.78 Å². The lowest BCUT2D eigenvalue weighted by Crippen LogP contribution is -2.36. The second-order valence-corrected chi connectivity index (χ2v) is 7.74. The number of allylic oxidation sites excluding steroid dienone is 8. The third-order valence-corrected chi connectivity index (χ3v) is 6.80. The van der Waals surface area contributed by atoms with Gasteiger partial charge in [-0.1, -0.05) is 37.1 Å². The number of hydrogen-bond acceptors (Lipinski definition) is 1. The molecule has 3 unspecified atom stereocenters. The van der Waals surface area contributed by atoms with Crippen molar-refractivity contribution in [3.05, 3.63) is 46.6 Å². The summed E-state index contributed by atoms with van der Waals surface area (Å²) in [6.45, 7) is 7.19. The Kier molecular flexibility index (Phi) is 2.59. The highest BCUT2D eigenvalue weighted by atomic mass is 16.1. The maximum Gasteiger partial charge on any atom is 0.178 e. The monoisotopic (exact) mass is 280 g/mol.